The van der Waals surface area contributed by atoms with Crippen LogP contribution in [0.15, 0.2) is 49.3 Å². The molecule has 3 N–H and O–H groups in total. The fourth-order valence-electron chi connectivity index (χ4n) is 4.89. The van der Waals surface area contributed by atoms with E-state index in [0.29, 0.717) is 65.1 Å². The zero-order valence-corrected chi connectivity index (χ0v) is 22.4. The van der Waals surface area contributed by atoms with Crippen LogP contribution in [0.5, 0.6) is 5.75 Å². The predicted octanol–water partition coefficient (Wildman–Crippen LogP) is 3.92. The van der Waals surface area contributed by atoms with Crippen molar-refractivity contribution in [3.63, 3.8) is 0 Å². The zero-order chi connectivity index (χ0) is 27.6. The van der Waals surface area contributed by atoms with E-state index in [0.717, 1.165) is 11.3 Å². The van der Waals surface area contributed by atoms with Crippen LogP contribution in [0.25, 0.3) is 11.3 Å². The summed E-state index contributed by atoms with van der Waals surface area (Å²) >= 11 is 6.37. The number of anilines is 2. The van der Waals surface area contributed by atoms with Crippen LogP contribution in [-0.2, 0) is 16.0 Å². The quantitative estimate of drug-likeness (QED) is 0.331. The third kappa shape index (κ3) is 4.97. The Bertz CT molecular complexity index is 1520. The van der Waals surface area contributed by atoms with E-state index in [1.54, 1.807) is 36.5 Å². The number of rotatable bonds is 5. The minimum absolute atomic E-state index is 0.186. The van der Waals surface area contributed by atoms with Gasteiger partial charge in [0, 0.05) is 43.2 Å². The number of benzene rings is 1. The van der Waals surface area contributed by atoms with Gasteiger partial charge in [-0.15, -0.1) is 0 Å². The number of carbonyl (C=O) groups is 2. The first-order valence-electron chi connectivity index (χ1n) is 12.5. The molecule has 5 rings (SSSR count). The van der Waals surface area contributed by atoms with Crippen molar-refractivity contribution in [1.29, 1.82) is 0 Å². The highest BCUT2D eigenvalue weighted by Gasteiger charge is 2.36. The molecule has 1 saturated heterocycles. The molecule has 0 bridgehead atoms. The van der Waals surface area contributed by atoms with E-state index in [4.69, 9.17) is 21.1 Å². The smallest absolute Gasteiger partial charge is 0.255 e. The monoisotopic (exact) mass is 545 g/mol. The maximum absolute atomic E-state index is 13.0. The summed E-state index contributed by atoms with van der Waals surface area (Å²) in [5.74, 6) is 6.55. The van der Waals surface area contributed by atoms with Crippen LogP contribution in [-0.4, -0.2) is 65.6 Å². The Morgan fingerprint density at radius 2 is 2.23 bits per heavy atom. The van der Waals surface area contributed by atoms with Gasteiger partial charge in [-0.1, -0.05) is 36.1 Å². The molecule has 1 fully saturated rings. The summed E-state index contributed by atoms with van der Waals surface area (Å²) in [7, 11) is 1.54. The number of methoxy groups -OCH3 is 1. The number of fused-ring (bicyclic) bond motifs is 1. The molecule has 2 amide bonds. The van der Waals surface area contributed by atoms with E-state index in [1.807, 2.05) is 19.1 Å². The van der Waals surface area contributed by atoms with Gasteiger partial charge >= 0.3 is 0 Å². The molecule has 2 aromatic heterocycles. The lowest BCUT2D eigenvalue weighted by atomic mass is 9.98. The van der Waals surface area contributed by atoms with Gasteiger partial charge in [-0.3, -0.25) is 14.6 Å². The molecule has 2 aliphatic heterocycles. The first-order chi connectivity index (χ1) is 18.9. The van der Waals surface area contributed by atoms with Gasteiger partial charge in [0.15, 0.2) is 5.75 Å². The number of para-hydroxylation sites is 1. The number of aromatic amines is 1. The highest BCUT2D eigenvalue weighted by molar-refractivity contribution is 6.32. The molecule has 2 aliphatic rings. The molecular formula is C29H28ClN5O4. The number of halogens is 1. The minimum atomic E-state index is -0.847. The predicted molar refractivity (Wildman–Crippen MR) is 149 cm³/mol. The fourth-order valence-corrected chi connectivity index (χ4v) is 5.14. The van der Waals surface area contributed by atoms with Crippen molar-refractivity contribution in [1.82, 2.24) is 20.2 Å². The van der Waals surface area contributed by atoms with Gasteiger partial charge in [0.2, 0.25) is 5.91 Å². The summed E-state index contributed by atoms with van der Waals surface area (Å²) in [5.41, 5.74) is 3.70. The van der Waals surface area contributed by atoms with Crippen LogP contribution in [0.1, 0.15) is 28.5 Å². The van der Waals surface area contributed by atoms with Gasteiger partial charge in [-0.2, -0.15) is 0 Å². The van der Waals surface area contributed by atoms with Gasteiger partial charge in [-0.05, 0) is 31.2 Å². The Morgan fingerprint density at radius 3 is 3.03 bits per heavy atom. The maximum atomic E-state index is 13.0. The van der Waals surface area contributed by atoms with Crippen molar-refractivity contribution in [3.8, 4) is 28.8 Å². The summed E-state index contributed by atoms with van der Waals surface area (Å²) in [6, 6.07) is 7.21. The lowest BCUT2D eigenvalue weighted by Crippen LogP contribution is -2.56. The van der Waals surface area contributed by atoms with Crippen molar-refractivity contribution < 1.29 is 19.1 Å². The molecule has 200 valence electrons. The molecule has 1 aromatic carbocycles. The minimum Gasteiger partial charge on any atom is -0.493 e. The molecule has 0 aliphatic carbocycles. The Morgan fingerprint density at radius 1 is 1.38 bits per heavy atom. The summed E-state index contributed by atoms with van der Waals surface area (Å²) in [6.45, 7) is 7.15. The van der Waals surface area contributed by atoms with Gasteiger partial charge in [-0.25, -0.2) is 0 Å². The van der Waals surface area contributed by atoms with Gasteiger partial charge in [0.1, 0.15) is 5.54 Å². The number of morpholine rings is 1. The van der Waals surface area contributed by atoms with Crippen LogP contribution in [0.3, 0.4) is 0 Å². The first-order valence-corrected chi connectivity index (χ1v) is 12.9. The number of H-pyrrole nitrogens is 1. The van der Waals surface area contributed by atoms with E-state index in [2.05, 4.69) is 39.0 Å². The van der Waals surface area contributed by atoms with Crippen molar-refractivity contribution >= 4 is 34.8 Å². The maximum Gasteiger partial charge on any atom is 0.255 e. The molecule has 0 saturated carbocycles. The van der Waals surface area contributed by atoms with E-state index in [1.165, 1.54) is 6.08 Å². The summed E-state index contributed by atoms with van der Waals surface area (Å²) in [6.07, 6.45) is 5.27. The van der Waals surface area contributed by atoms with E-state index in [-0.39, 0.29) is 18.4 Å². The first kappa shape index (κ1) is 26.4. The largest absolute Gasteiger partial charge is 0.493 e. The molecule has 39 heavy (non-hydrogen) atoms. The number of nitrogens with zero attached hydrogens (tertiary/aromatic N) is 2. The molecule has 0 unspecified atom stereocenters. The Balaban J connectivity index is 1.63. The highest BCUT2D eigenvalue weighted by Crippen LogP contribution is 2.41. The lowest BCUT2D eigenvalue weighted by molar-refractivity contribution is -0.137. The summed E-state index contributed by atoms with van der Waals surface area (Å²) in [5, 5.41) is 6.75. The summed E-state index contributed by atoms with van der Waals surface area (Å²) < 4.78 is 11.2. The number of aromatic nitrogens is 2. The lowest BCUT2D eigenvalue weighted by Gasteiger charge is -2.40. The second-order valence-corrected chi connectivity index (χ2v) is 9.78. The SMILES string of the molecule is C=CC(=O)N1CCOC[C@]1(C)C#Cc1cnccc1-c1[nH]c2c(c1Nc1cccc(Cl)c1OC)C(=O)NCC2. The van der Waals surface area contributed by atoms with Crippen LogP contribution >= 0.6 is 11.6 Å². The number of pyridine rings is 1. The zero-order valence-electron chi connectivity index (χ0n) is 21.7. The molecule has 1 atom stereocenters. The van der Waals surface area contributed by atoms with Crippen molar-refractivity contribution in [3.05, 3.63) is 71.2 Å². The van der Waals surface area contributed by atoms with Gasteiger partial charge < -0.3 is 30.0 Å². The number of nitrogens with one attached hydrogen (secondary N) is 3. The van der Waals surface area contributed by atoms with Gasteiger partial charge in [0.05, 0.1) is 53.5 Å². The topological polar surface area (TPSA) is 109 Å². The number of carbonyl (C=O) groups excluding carboxylic acids is 2. The number of hydrogen-bond acceptors (Lipinski definition) is 6. The van der Waals surface area contributed by atoms with E-state index in [9.17, 15) is 9.59 Å². The summed E-state index contributed by atoms with van der Waals surface area (Å²) in [4.78, 5) is 35.0. The standard InChI is InChI=1S/C29H28ClN5O4/c1-4-23(36)35-14-15-39-17-29(35,2)11-8-18-16-31-12-9-19(18)25-26(24-21(33-25)10-13-32-28(24)37)34-22-7-5-6-20(30)27(22)38-3/h4-7,9,12,16,33-34H,1,10,13-15,17H2,2-3H3,(H,32,37)/t29-/m0/s1. The van der Waals surface area contributed by atoms with Crippen molar-refractivity contribution in [2.45, 2.75) is 18.9 Å². The van der Waals surface area contributed by atoms with E-state index >= 15 is 0 Å². The molecule has 9 nitrogen and oxygen atoms in total. The molecule has 4 heterocycles. The third-order valence-electron chi connectivity index (χ3n) is 6.83. The molecule has 3 aromatic rings. The van der Waals surface area contributed by atoms with Gasteiger partial charge in [0.25, 0.3) is 5.91 Å². The molecule has 0 radical (unpaired) electrons. The molecule has 10 heteroatoms. The number of amides is 2. The third-order valence-corrected chi connectivity index (χ3v) is 7.13. The van der Waals surface area contributed by atoms with Crippen LogP contribution < -0.4 is 15.4 Å². The van der Waals surface area contributed by atoms with Crippen molar-refractivity contribution in [2.24, 2.45) is 0 Å². The highest BCUT2D eigenvalue weighted by atomic mass is 35.5. The Kier molecular flexibility index (Phi) is 7.33. The molecular weight excluding hydrogens is 518 g/mol. The number of hydrogen-bond donors (Lipinski definition) is 3. The second-order valence-electron chi connectivity index (χ2n) is 9.37. The average molecular weight is 546 g/mol. The Hall–Kier alpha value is -4.26. The second kappa shape index (κ2) is 10.8. The van der Waals surface area contributed by atoms with Crippen LogP contribution in [0.2, 0.25) is 5.02 Å². The normalized spacial score (nSPS) is 18.3. The fraction of sp³-hybridized carbons (Fsp3) is 0.276. The Labute approximate surface area is 231 Å². The van der Waals surface area contributed by atoms with E-state index < -0.39 is 5.54 Å². The average Bonchev–Trinajstić information content (AvgIpc) is 3.31. The van der Waals surface area contributed by atoms with Crippen LogP contribution in [0.4, 0.5) is 11.4 Å². The van der Waals surface area contributed by atoms with Crippen molar-refractivity contribution in [2.75, 3.05) is 38.7 Å². The molecule has 0 spiro atoms. The number of ether oxygens (including phenoxy) is 2. The van der Waals surface area contributed by atoms with Crippen LogP contribution in [0, 0.1) is 11.8 Å².